The molecule has 0 bridgehead atoms. The highest BCUT2D eigenvalue weighted by Gasteiger charge is 2.15. The second-order valence-electron chi connectivity index (χ2n) is 4.26. The van der Waals surface area contributed by atoms with E-state index in [4.69, 9.17) is 0 Å². The number of Topliss-reactive ketones (excluding diaryl/α,β-unsaturated/α-hetero) is 1. The standard InChI is InChI=1S/C13H18N2O/c1-11-4-2-3-5-12(11)13(16)10-15-8-6-14-7-9-15/h2-5,14H,6-10H2,1H3. The first kappa shape index (κ1) is 11.3. The smallest absolute Gasteiger partial charge is 0.177 e. The van der Waals surface area contributed by atoms with Crippen molar-refractivity contribution in [1.82, 2.24) is 10.2 Å². The molecule has 1 aliphatic rings. The lowest BCUT2D eigenvalue weighted by Gasteiger charge is -2.26. The average Bonchev–Trinajstić information content (AvgIpc) is 2.31. The first-order valence-corrected chi connectivity index (χ1v) is 5.79. The number of ketones is 1. The molecule has 1 fully saturated rings. The fourth-order valence-electron chi connectivity index (χ4n) is 2.04. The van der Waals surface area contributed by atoms with Gasteiger partial charge in [-0.2, -0.15) is 0 Å². The van der Waals surface area contributed by atoms with Gasteiger partial charge in [0.15, 0.2) is 5.78 Å². The molecule has 0 atom stereocenters. The third-order valence-electron chi connectivity index (χ3n) is 3.02. The summed E-state index contributed by atoms with van der Waals surface area (Å²) in [5.74, 6) is 0.236. The number of benzene rings is 1. The Morgan fingerprint density at radius 1 is 1.31 bits per heavy atom. The molecular weight excluding hydrogens is 200 g/mol. The van der Waals surface area contributed by atoms with Crippen molar-refractivity contribution < 1.29 is 4.79 Å². The van der Waals surface area contributed by atoms with Gasteiger partial charge in [0.1, 0.15) is 0 Å². The van der Waals surface area contributed by atoms with Gasteiger partial charge in [0.25, 0.3) is 0 Å². The molecule has 1 heterocycles. The van der Waals surface area contributed by atoms with E-state index >= 15 is 0 Å². The molecule has 16 heavy (non-hydrogen) atoms. The van der Waals surface area contributed by atoms with E-state index < -0.39 is 0 Å². The van der Waals surface area contributed by atoms with Gasteiger partial charge in [-0.3, -0.25) is 9.69 Å². The minimum Gasteiger partial charge on any atom is -0.314 e. The molecule has 86 valence electrons. The Bertz CT molecular complexity index is 370. The van der Waals surface area contributed by atoms with Gasteiger partial charge in [-0.25, -0.2) is 0 Å². The third-order valence-corrected chi connectivity index (χ3v) is 3.02. The number of nitrogens with one attached hydrogen (secondary N) is 1. The maximum atomic E-state index is 12.1. The highest BCUT2D eigenvalue weighted by molar-refractivity contribution is 5.98. The summed E-state index contributed by atoms with van der Waals surface area (Å²) >= 11 is 0. The molecule has 1 aromatic rings. The quantitative estimate of drug-likeness (QED) is 0.771. The Morgan fingerprint density at radius 2 is 2.00 bits per heavy atom. The lowest BCUT2D eigenvalue weighted by Crippen LogP contribution is -2.45. The lowest BCUT2D eigenvalue weighted by atomic mass is 10.0. The molecular formula is C13H18N2O. The summed E-state index contributed by atoms with van der Waals surface area (Å²) in [7, 11) is 0. The van der Waals surface area contributed by atoms with Crippen molar-refractivity contribution in [3.8, 4) is 0 Å². The molecule has 0 spiro atoms. The molecule has 0 aliphatic carbocycles. The van der Waals surface area contributed by atoms with Crippen molar-refractivity contribution in [3.63, 3.8) is 0 Å². The Morgan fingerprint density at radius 3 is 2.69 bits per heavy atom. The number of nitrogens with zero attached hydrogens (tertiary/aromatic N) is 1. The molecule has 0 unspecified atom stereocenters. The van der Waals surface area contributed by atoms with Crippen LogP contribution in [-0.2, 0) is 0 Å². The molecule has 2 rings (SSSR count). The van der Waals surface area contributed by atoms with Gasteiger partial charge in [-0.1, -0.05) is 24.3 Å². The minimum atomic E-state index is 0.236. The zero-order chi connectivity index (χ0) is 11.4. The predicted octanol–water partition coefficient (Wildman–Crippen LogP) is 1.08. The highest BCUT2D eigenvalue weighted by atomic mass is 16.1. The van der Waals surface area contributed by atoms with E-state index in [1.807, 2.05) is 31.2 Å². The van der Waals surface area contributed by atoms with E-state index in [1.54, 1.807) is 0 Å². The van der Waals surface area contributed by atoms with Crippen LogP contribution in [0.4, 0.5) is 0 Å². The Labute approximate surface area is 96.5 Å². The third kappa shape index (κ3) is 2.68. The highest BCUT2D eigenvalue weighted by Crippen LogP contribution is 2.08. The molecule has 3 heteroatoms. The summed E-state index contributed by atoms with van der Waals surface area (Å²) in [6.45, 7) is 6.45. The van der Waals surface area contributed by atoms with Crippen LogP contribution in [0, 0.1) is 6.92 Å². The summed E-state index contributed by atoms with van der Waals surface area (Å²) in [5.41, 5.74) is 1.93. The summed E-state index contributed by atoms with van der Waals surface area (Å²) in [5, 5.41) is 3.29. The van der Waals surface area contributed by atoms with E-state index in [0.29, 0.717) is 6.54 Å². The molecule has 0 radical (unpaired) electrons. The van der Waals surface area contributed by atoms with E-state index in [9.17, 15) is 4.79 Å². The number of carbonyl (C=O) groups is 1. The van der Waals surface area contributed by atoms with Gasteiger partial charge in [-0.15, -0.1) is 0 Å². The van der Waals surface area contributed by atoms with Crippen LogP contribution in [0.25, 0.3) is 0 Å². The van der Waals surface area contributed by atoms with E-state index in [1.165, 1.54) is 0 Å². The van der Waals surface area contributed by atoms with Crippen molar-refractivity contribution in [2.75, 3.05) is 32.7 Å². The second kappa shape index (κ2) is 5.23. The maximum Gasteiger partial charge on any atom is 0.177 e. The molecule has 0 aromatic heterocycles. The van der Waals surface area contributed by atoms with Gasteiger partial charge in [0.05, 0.1) is 6.54 Å². The van der Waals surface area contributed by atoms with Crippen LogP contribution in [0.3, 0.4) is 0 Å². The van der Waals surface area contributed by atoms with E-state index in [-0.39, 0.29) is 5.78 Å². The van der Waals surface area contributed by atoms with Crippen molar-refractivity contribution in [2.45, 2.75) is 6.92 Å². The second-order valence-corrected chi connectivity index (χ2v) is 4.26. The first-order chi connectivity index (χ1) is 7.77. The van der Waals surface area contributed by atoms with Crippen LogP contribution < -0.4 is 5.32 Å². The number of hydrogen-bond donors (Lipinski definition) is 1. The van der Waals surface area contributed by atoms with Gasteiger partial charge >= 0.3 is 0 Å². The van der Waals surface area contributed by atoms with Crippen LogP contribution in [0.5, 0.6) is 0 Å². The molecule has 1 saturated heterocycles. The van der Waals surface area contributed by atoms with Crippen LogP contribution in [0.1, 0.15) is 15.9 Å². The summed E-state index contributed by atoms with van der Waals surface area (Å²) in [6, 6.07) is 7.81. The topological polar surface area (TPSA) is 32.3 Å². The number of hydrogen-bond acceptors (Lipinski definition) is 3. The molecule has 1 aliphatic heterocycles. The molecule has 3 nitrogen and oxygen atoms in total. The average molecular weight is 218 g/mol. The first-order valence-electron chi connectivity index (χ1n) is 5.79. The fraction of sp³-hybridized carbons (Fsp3) is 0.462. The molecule has 1 aromatic carbocycles. The summed E-state index contributed by atoms with van der Waals surface area (Å²) in [6.07, 6.45) is 0. The lowest BCUT2D eigenvalue weighted by molar-refractivity contribution is 0.0921. The number of piperazine rings is 1. The predicted molar refractivity (Wildman–Crippen MR) is 64.8 cm³/mol. The van der Waals surface area contributed by atoms with Crippen LogP contribution in [-0.4, -0.2) is 43.4 Å². The van der Waals surface area contributed by atoms with Gasteiger partial charge < -0.3 is 5.32 Å². The maximum absolute atomic E-state index is 12.1. The van der Waals surface area contributed by atoms with Crippen LogP contribution in [0.2, 0.25) is 0 Å². The minimum absolute atomic E-state index is 0.236. The number of aryl methyl sites for hydroxylation is 1. The van der Waals surface area contributed by atoms with Gasteiger partial charge in [-0.05, 0) is 12.5 Å². The Balaban J connectivity index is 2.00. The van der Waals surface area contributed by atoms with Crippen LogP contribution >= 0.6 is 0 Å². The monoisotopic (exact) mass is 218 g/mol. The molecule has 1 N–H and O–H groups in total. The van der Waals surface area contributed by atoms with E-state index in [2.05, 4.69) is 10.2 Å². The Kier molecular flexibility index (Phi) is 3.70. The van der Waals surface area contributed by atoms with Crippen molar-refractivity contribution in [2.24, 2.45) is 0 Å². The largest absolute Gasteiger partial charge is 0.314 e. The zero-order valence-electron chi connectivity index (χ0n) is 9.70. The van der Waals surface area contributed by atoms with Crippen molar-refractivity contribution in [3.05, 3.63) is 35.4 Å². The molecule has 0 saturated carbocycles. The van der Waals surface area contributed by atoms with Crippen molar-refractivity contribution >= 4 is 5.78 Å². The normalized spacial score (nSPS) is 17.3. The SMILES string of the molecule is Cc1ccccc1C(=O)CN1CCNCC1. The van der Waals surface area contributed by atoms with Crippen molar-refractivity contribution in [1.29, 1.82) is 0 Å². The summed E-state index contributed by atoms with van der Waals surface area (Å²) in [4.78, 5) is 14.3. The van der Waals surface area contributed by atoms with Crippen LogP contribution in [0.15, 0.2) is 24.3 Å². The zero-order valence-corrected chi connectivity index (χ0v) is 9.70. The van der Waals surface area contributed by atoms with Gasteiger partial charge in [0.2, 0.25) is 0 Å². The number of rotatable bonds is 3. The summed E-state index contributed by atoms with van der Waals surface area (Å²) < 4.78 is 0. The molecule has 0 amide bonds. The van der Waals surface area contributed by atoms with Gasteiger partial charge in [0, 0.05) is 31.7 Å². The Hall–Kier alpha value is -1.19. The van der Waals surface area contributed by atoms with E-state index in [0.717, 1.165) is 37.3 Å². The number of carbonyl (C=O) groups excluding carboxylic acids is 1. The fourth-order valence-corrected chi connectivity index (χ4v) is 2.04.